The first kappa shape index (κ1) is 16.1. The first-order chi connectivity index (χ1) is 10.2. The van der Waals surface area contributed by atoms with Crippen LogP contribution in [0.2, 0.25) is 0 Å². The van der Waals surface area contributed by atoms with Crippen LogP contribution in [-0.4, -0.2) is 36.2 Å². The Kier molecular flexibility index (Phi) is 4.58. The molecular weight excluding hydrogens is 301 g/mol. The fourth-order valence-electron chi connectivity index (χ4n) is 2.09. The van der Waals surface area contributed by atoms with Crippen molar-refractivity contribution in [1.82, 2.24) is 10.2 Å². The van der Waals surface area contributed by atoms with Gasteiger partial charge in [0.25, 0.3) is 0 Å². The Balaban J connectivity index is 1.83. The predicted molar refractivity (Wildman–Crippen MR) is 70.7 cm³/mol. The van der Waals surface area contributed by atoms with Crippen LogP contribution in [0.4, 0.5) is 13.2 Å². The van der Waals surface area contributed by atoms with E-state index in [0.29, 0.717) is 18.7 Å². The molecule has 1 heterocycles. The molecule has 0 spiro atoms. The minimum absolute atomic E-state index is 0.0824. The van der Waals surface area contributed by atoms with Gasteiger partial charge in [0, 0.05) is 26.6 Å². The third-order valence-electron chi connectivity index (χ3n) is 3.30. The van der Waals surface area contributed by atoms with Crippen LogP contribution < -0.4 is 10.1 Å². The topological polar surface area (TPSA) is 58.6 Å². The minimum atomic E-state index is -4.75. The zero-order valence-electron chi connectivity index (χ0n) is 11.8. The van der Waals surface area contributed by atoms with Crippen molar-refractivity contribution < 1.29 is 27.5 Å². The Morgan fingerprint density at radius 1 is 1.36 bits per heavy atom. The fourth-order valence-corrected chi connectivity index (χ4v) is 2.09. The molecule has 1 aliphatic rings. The molecule has 0 aromatic heterocycles. The van der Waals surface area contributed by atoms with Crippen molar-refractivity contribution in [1.29, 1.82) is 0 Å². The van der Waals surface area contributed by atoms with Crippen molar-refractivity contribution in [3.63, 3.8) is 0 Å². The lowest BCUT2D eigenvalue weighted by molar-refractivity contribution is -0.274. The van der Waals surface area contributed by atoms with E-state index in [9.17, 15) is 22.8 Å². The number of carbonyl (C=O) groups is 2. The van der Waals surface area contributed by atoms with Crippen molar-refractivity contribution in [3.05, 3.63) is 29.8 Å². The molecule has 0 aliphatic carbocycles. The van der Waals surface area contributed by atoms with Gasteiger partial charge in [-0.25, -0.2) is 0 Å². The smallest absolute Gasteiger partial charge is 0.406 e. The molecule has 1 aromatic rings. The molecule has 1 aliphatic heterocycles. The Morgan fingerprint density at radius 3 is 2.64 bits per heavy atom. The third kappa shape index (κ3) is 4.37. The SMILES string of the molecule is CC(=O)N1CC(C(=O)NCc2cccc(OC(F)(F)F)c2)C1. The third-order valence-corrected chi connectivity index (χ3v) is 3.30. The average molecular weight is 316 g/mol. The molecular formula is C14H15F3N2O3. The Bertz CT molecular complexity index is 569. The normalized spacial score (nSPS) is 15.2. The molecule has 1 saturated heterocycles. The maximum absolute atomic E-state index is 12.1. The van der Waals surface area contributed by atoms with Gasteiger partial charge in [-0.3, -0.25) is 9.59 Å². The summed E-state index contributed by atoms with van der Waals surface area (Å²) in [5.74, 6) is -0.898. The van der Waals surface area contributed by atoms with Gasteiger partial charge < -0.3 is 15.0 Å². The van der Waals surface area contributed by atoms with Crippen molar-refractivity contribution in [2.45, 2.75) is 19.8 Å². The van der Waals surface area contributed by atoms with Crippen molar-refractivity contribution in [2.75, 3.05) is 13.1 Å². The fraction of sp³-hybridized carbons (Fsp3) is 0.429. The number of benzene rings is 1. The Labute approximate surface area is 125 Å². The number of likely N-dealkylation sites (tertiary alicyclic amines) is 1. The van der Waals surface area contributed by atoms with Gasteiger partial charge >= 0.3 is 6.36 Å². The van der Waals surface area contributed by atoms with Crippen LogP contribution in [0.1, 0.15) is 12.5 Å². The highest BCUT2D eigenvalue weighted by molar-refractivity contribution is 5.83. The van der Waals surface area contributed by atoms with Gasteiger partial charge in [-0.05, 0) is 17.7 Å². The maximum Gasteiger partial charge on any atom is 0.573 e. The lowest BCUT2D eigenvalue weighted by Gasteiger charge is -2.37. The van der Waals surface area contributed by atoms with Gasteiger partial charge in [-0.15, -0.1) is 13.2 Å². The number of nitrogens with zero attached hydrogens (tertiary/aromatic N) is 1. The van der Waals surface area contributed by atoms with E-state index >= 15 is 0 Å². The van der Waals surface area contributed by atoms with Crippen LogP contribution in [-0.2, 0) is 16.1 Å². The van der Waals surface area contributed by atoms with Crippen molar-refractivity contribution >= 4 is 11.8 Å². The standard InChI is InChI=1S/C14H15F3N2O3/c1-9(20)19-7-11(8-19)13(21)18-6-10-3-2-4-12(5-10)22-14(15,16)17/h2-5,11H,6-8H2,1H3,(H,18,21). The van der Waals surface area contributed by atoms with Gasteiger partial charge in [0.1, 0.15) is 5.75 Å². The first-order valence-electron chi connectivity index (χ1n) is 6.62. The van der Waals surface area contributed by atoms with Crippen LogP contribution in [0.5, 0.6) is 5.75 Å². The van der Waals surface area contributed by atoms with E-state index in [1.165, 1.54) is 25.1 Å². The number of amides is 2. The van der Waals surface area contributed by atoms with E-state index in [2.05, 4.69) is 10.1 Å². The second-order valence-corrected chi connectivity index (χ2v) is 5.03. The molecule has 22 heavy (non-hydrogen) atoms. The van der Waals surface area contributed by atoms with Crippen LogP contribution >= 0.6 is 0 Å². The molecule has 0 unspecified atom stereocenters. The molecule has 1 fully saturated rings. The number of nitrogens with one attached hydrogen (secondary N) is 1. The summed E-state index contributed by atoms with van der Waals surface area (Å²) in [6.07, 6.45) is -4.75. The summed E-state index contributed by atoms with van der Waals surface area (Å²) in [6.45, 7) is 2.28. The average Bonchev–Trinajstić information content (AvgIpc) is 2.32. The van der Waals surface area contributed by atoms with E-state index in [-0.39, 0.29) is 30.0 Å². The molecule has 0 saturated carbocycles. The van der Waals surface area contributed by atoms with Gasteiger partial charge in [-0.1, -0.05) is 12.1 Å². The molecule has 0 bridgehead atoms. The van der Waals surface area contributed by atoms with Crippen LogP contribution in [0, 0.1) is 5.92 Å². The predicted octanol–water partition coefficient (Wildman–Crippen LogP) is 1.68. The summed E-state index contributed by atoms with van der Waals surface area (Å²) in [4.78, 5) is 24.4. The molecule has 0 atom stereocenters. The zero-order chi connectivity index (χ0) is 16.3. The number of rotatable bonds is 4. The lowest BCUT2D eigenvalue weighted by Crippen LogP contribution is -2.55. The summed E-state index contributed by atoms with van der Waals surface area (Å²) < 4.78 is 40.2. The quantitative estimate of drug-likeness (QED) is 0.919. The number of hydrogen-bond acceptors (Lipinski definition) is 3. The lowest BCUT2D eigenvalue weighted by atomic mass is 9.99. The van der Waals surface area contributed by atoms with Crippen LogP contribution in [0.15, 0.2) is 24.3 Å². The summed E-state index contributed by atoms with van der Waals surface area (Å²) >= 11 is 0. The first-order valence-corrected chi connectivity index (χ1v) is 6.62. The highest BCUT2D eigenvalue weighted by Gasteiger charge is 2.34. The van der Waals surface area contributed by atoms with Crippen molar-refractivity contribution in [3.8, 4) is 5.75 Å². The molecule has 2 amide bonds. The molecule has 1 N–H and O–H groups in total. The second-order valence-electron chi connectivity index (χ2n) is 5.03. The van der Waals surface area contributed by atoms with Crippen LogP contribution in [0.25, 0.3) is 0 Å². The minimum Gasteiger partial charge on any atom is -0.406 e. The molecule has 2 rings (SSSR count). The van der Waals surface area contributed by atoms with Crippen molar-refractivity contribution in [2.24, 2.45) is 5.92 Å². The van der Waals surface area contributed by atoms with Gasteiger partial charge in [-0.2, -0.15) is 0 Å². The van der Waals surface area contributed by atoms with Gasteiger partial charge in [0.05, 0.1) is 5.92 Å². The number of ether oxygens (including phenoxy) is 1. The number of carbonyl (C=O) groups excluding carboxylic acids is 2. The summed E-state index contributed by atoms with van der Waals surface area (Å²) in [5, 5.41) is 2.64. The maximum atomic E-state index is 12.1. The number of alkyl halides is 3. The molecule has 0 radical (unpaired) electrons. The summed E-state index contributed by atoms with van der Waals surface area (Å²) in [5.41, 5.74) is 0.498. The van der Waals surface area contributed by atoms with E-state index in [4.69, 9.17) is 0 Å². The monoisotopic (exact) mass is 316 g/mol. The molecule has 8 heteroatoms. The number of halogens is 3. The highest BCUT2D eigenvalue weighted by Crippen LogP contribution is 2.23. The Hall–Kier alpha value is -2.25. The number of hydrogen-bond donors (Lipinski definition) is 1. The summed E-state index contributed by atoms with van der Waals surface area (Å²) in [6, 6.07) is 5.42. The van der Waals surface area contributed by atoms with Gasteiger partial charge in [0.15, 0.2) is 0 Å². The summed E-state index contributed by atoms with van der Waals surface area (Å²) in [7, 11) is 0. The largest absolute Gasteiger partial charge is 0.573 e. The Morgan fingerprint density at radius 2 is 2.05 bits per heavy atom. The molecule has 5 nitrogen and oxygen atoms in total. The van der Waals surface area contributed by atoms with E-state index in [0.717, 1.165) is 0 Å². The van der Waals surface area contributed by atoms with Gasteiger partial charge in [0.2, 0.25) is 11.8 Å². The highest BCUT2D eigenvalue weighted by atomic mass is 19.4. The van der Waals surface area contributed by atoms with E-state index in [1.807, 2.05) is 0 Å². The van der Waals surface area contributed by atoms with E-state index in [1.54, 1.807) is 11.0 Å². The zero-order valence-corrected chi connectivity index (χ0v) is 11.8. The molecule has 1 aromatic carbocycles. The molecule has 120 valence electrons. The van der Waals surface area contributed by atoms with E-state index < -0.39 is 6.36 Å². The second kappa shape index (κ2) is 6.25. The van der Waals surface area contributed by atoms with Crippen LogP contribution in [0.3, 0.4) is 0 Å².